The number of rotatable bonds is 4. The van der Waals surface area contributed by atoms with E-state index in [1.807, 2.05) is 30.5 Å². The summed E-state index contributed by atoms with van der Waals surface area (Å²) in [6.45, 7) is 0.172. The Morgan fingerprint density at radius 1 is 0.952 bits per heavy atom. The summed E-state index contributed by atoms with van der Waals surface area (Å²) in [6, 6.07) is 14.8. The van der Waals surface area contributed by atoms with Crippen LogP contribution in [-0.4, -0.2) is 29.6 Å². The Labute approximate surface area is 127 Å². The highest BCUT2D eigenvalue weighted by molar-refractivity contribution is 7.98. The molecule has 0 aromatic heterocycles. The third-order valence-electron chi connectivity index (χ3n) is 3.41. The van der Waals surface area contributed by atoms with E-state index in [0.29, 0.717) is 11.1 Å². The van der Waals surface area contributed by atoms with Crippen molar-refractivity contribution in [3.8, 4) is 0 Å². The lowest BCUT2D eigenvalue weighted by molar-refractivity contribution is 0.0666. The van der Waals surface area contributed by atoms with Crippen molar-refractivity contribution < 1.29 is 9.59 Å². The third kappa shape index (κ3) is 2.52. The van der Waals surface area contributed by atoms with Crippen LogP contribution in [0.2, 0.25) is 0 Å². The van der Waals surface area contributed by atoms with Gasteiger partial charge in [0.2, 0.25) is 0 Å². The molecule has 0 fully saturated rings. The highest BCUT2D eigenvalue weighted by Crippen LogP contribution is 2.23. The number of carbonyl (C=O) groups excluding carboxylic acids is 2. The van der Waals surface area contributed by atoms with Crippen molar-refractivity contribution in [3.63, 3.8) is 0 Å². The molecule has 21 heavy (non-hydrogen) atoms. The van der Waals surface area contributed by atoms with Crippen LogP contribution < -0.4 is 5.32 Å². The monoisotopic (exact) mass is 298 g/mol. The van der Waals surface area contributed by atoms with E-state index in [1.54, 1.807) is 36.0 Å². The van der Waals surface area contributed by atoms with E-state index < -0.39 is 0 Å². The summed E-state index contributed by atoms with van der Waals surface area (Å²) in [7, 11) is 0. The van der Waals surface area contributed by atoms with Gasteiger partial charge in [-0.05, 0) is 42.7 Å². The van der Waals surface area contributed by atoms with Gasteiger partial charge >= 0.3 is 0 Å². The van der Waals surface area contributed by atoms with Crippen LogP contribution in [0.25, 0.3) is 0 Å². The zero-order valence-electron chi connectivity index (χ0n) is 11.5. The Morgan fingerprint density at radius 3 is 2.05 bits per heavy atom. The molecule has 0 saturated carbocycles. The molecule has 0 radical (unpaired) electrons. The maximum atomic E-state index is 12.2. The zero-order valence-corrected chi connectivity index (χ0v) is 12.3. The molecule has 0 aliphatic carbocycles. The second-order valence-corrected chi connectivity index (χ2v) is 5.53. The molecule has 1 aliphatic rings. The van der Waals surface area contributed by atoms with Crippen molar-refractivity contribution >= 4 is 29.3 Å². The highest BCUT2D eigenvalue weighted by atomic mass is 32.2. The maximum Gasteiger partial charge on any atom is 0.263 e. The Morgan fingerprint density at radius 2 is 1.52 bits per heavy atom. The lowest BCUT2D eigenvalue weighted by Crippen LogP contribution is -2.34. The summed E-state index contributed by atoms with van der Waals surface area (Å²) in [4.78, 5) is 26.8. The van der Waals surface area contributed by atoms with Crippen molar-refractivity contribution in [2.75, 3.05) is 18.2 Å². The summed E-state index contributed by atoms with van der Waals surface area (Å²) in [5, 5.41) is 3.11. The van der Waals surface area contributed by atoms with Crippen molar-refractivity contribution in [1.29, 1.82) is 0 Å². The van der Waals surface area contributed by atoms with E-state index >= 15 is 0 Å². The van der Waals surface area contributed by atoms with Crippen LogP contribution in [0.1, 0.15) is 20.7 Å². The largest absolute Gasteiger partial charge is 0.367 e. The SMILES string of the molecule is CSc1ccc(NCN2C(=O)c3ccccc3C2=O)cc1. The molecule has 2 aromatic carbocycles. The molecule has 2 aromatic rings. The van der Waals surface area contributed by atoms with E-state index in [1.165, 1.54) is 9.80 Å². The Hall–Kier alpha value is -2.27. The van der Waals surface area contributed by atoms with Crippen molar-refractivity contribution in [1.82, 2.24) is 4.90 Å². The average Bonchev–Trinajstić information content (AvgIpc) is 2.78. The van der Waals surface area contributed by atoms with Crippen molar-refractivity contribution in [2.24, 2.45) is 0 Å². The number of nitrogens with one attached hydrogen (secondary N) is 1. The van der Waals surface area contributed by atoms with Gasteiger partial charge in [0, 0.05) is 10.6 Å². The van der Waals surface area contributed by atoms with Gasteiger partial charge in [-0.1, -0.05) is 12.1 Å². The lowest BCUT2D eigenvalue weighted by atomic mass is 10.1. The molecule has 106 valence electrons. The lowest BCUT2D eigenvalue weighted by Gasteiger charge is -2.15. The van der Waals surface area contributed by atoms with E-state index in [-0.39, 0.29) is 18.5 Å². The van der Waals surface area contributed by atoms with Crippen molar-refractivity contribution in [3.05, 3.63) is 59.7 Å². The van der Waals surface area contributed by atoms with Crippen LogP contribution in [0, 0.1) is 0 Å². The number of carbonyl (C=O) groups is 2. The van der Waals surface area contributed by atoms with Crippen LogP contribution in [0.3, 0.4) is 0 Å². The number of thioether (sulfide) groups is 1. The molecule has 2 amide bonds. The summed E-state index contributed by atoms with van der Waals surface area (Å²) in [6.07, 6.45) is 2.02. The molecule has 0 spiro atoms. The highest BCUT2D eigenvalue weighted by Gasteiger charge is 2.34. The Bertz CT molecular complexity index is 663. The number of benzene rings is 2. The normalized spacial score (nSPS) is 13.5. The van der Waals surface area contributed by atoms with E-state index in [9.17, 15) is 9.59 Å². The molecule has 3 rings (SSSR count). The van der Waals surface area contributed by atoms with Gasteiger partial charge in [-0.2, -0.15) is 0 Å². The second-order valence-electron chi connectivity index (χ2n) is 4.65. The van der Waals surface area contributed by atoms with Crippen molar-refractivity contribution in [2.45, 2.75) is 4.90 Å². The van der Waals surface area contributed by atoms with E-state index in [0.717, 1.165) is 5.69 Å². The molecule has 0 unspecified atom stereocenters. The number of amides is 2. The summed E-state index contributed by atoms with van der Waals surface area (Å²) in [5.74, 6) is -0.493. The number of hydrogen-bond donors (Lipinski definition) is 1. The van der Waals surface area contributed by atoms with Crippen LogP contribution >= 0.6 is 11.8 Å². The minimum absolute atomic E-state index is 0.172. The number of nitrogens with zero attached hydrogens (tertiary/aromatic N) is 1. The van der Waals surface area contributed by atoms with Crippen LogP contribution in [0.5, 0.6) is 0 Å². The summed E-state index contributed by atoms with van der Waals surface area (Å²) >= 11 is 1.67. The molecular formula is C16H14N2O2S. The summed E-state index contributed by atoms with van der Waals surface area (Å²) < 4.78 is 0. The molecule has 1 heterocycles. The van der Waals surface area contributed by atoms with Gasteiger partial charge < -0.3 is 5.32 Å². The summed E-state index contributed by atoms with van der Waals surface area (Å²) in [5.41, 5.74) is 1.83. The number of hydrogen-bond acceptors (Lipinski definition) is 4. The first kappa shape index (κ1) is 13.7. The average molecular weight is 298 g/mol. The minimum atomic E-state index is -0.246. The second kappa shape index (κ2) is 5.61. The molecule has 0 saturated heterocycles. The van der Waals surface area contributed by atoms with Gasteiger partial charge in [0.15, 0.2) is 0 Å². The van der Waals surface area contributed by atoms with Crippen LogP contribution in [0.4, 0.5) is 5.69 Å². The van der Waals surface area contributed by atoms with Gasteiger partial charge in [-0.3, -0.25) is 14.5 Å². The predicted molar refractivity (Wildman–Crippen MR) is 83.7 cm³/mol. The molecule has 4 nitrogen and oxygen atoms in total. The predicted octanol–water partition coefficient (Wildman–Crippen LogP) is 3.07. The number of anilines is 1. The molecule has 1 N–H and O–H groups in total. The fourth-order valence-corrected chi connectivity index (χ4v) is 2.67. The van der Waals surface area contributed by atoms with Crippen LogP contribution in [-0.2, 0) is 0 Å². The smallest absolute Gasteiger partial charge is 0.263 e. The van der Waals surface area contributed by atoms with Gasteiger partial charge in [0.1, 0.15) is 0 Å². The third-order valence-corrected chi connectivity index (χ3v) is 4.15. The Balaban J connectivity index is 1.72. The standard InChI is InChI=1S/C16H14N2O2S/c1-21-12-8-6-11(7-9-12)17-10-18-15(19)13-4-2-3-5-14(13)16(18)20/h2-9,17H,10H2,1H3. The van der Waals surface area contributed by atoms with Gasteiger partial charge in [-0.25, -0.2) is 0 Å². The van der Waals surface area contributed by atoms with Crippen LogP contribution in [0.15, 0.2) is 53.4 Å². The fraction of sp³-hybridized carbons (Fsp3) is 0.125. The van der Waals surface area contributed by atoms with E-state index in [2.05, 4.69) is 5.32 Å². The molecular weight excluding hydrogens is 284 g/mol. The molecule has 0 bridgehead atoms. The quantitative estimate of drug-likeness (QED) is 0.696. The molecule has 0 atom stereocenters. The topological polar surface area (TPSA) is 49.4 Å². The first-order valence-corrected chi connectivity index (χ1v) is 7.76. The fourth-order valence-electron chi connectivity index (χ4n) is 2.26. The maximum absolute atomic E-state index is 12.2. The van der Waals surface area contributed by atoms with E-state index in [4.69, 9.17) is 0 Å². The minimum Gasteiger partial charge on any atom is -0.367 e. The van der Waals surface area contributed by atoms with Gasteiger partial charge in [0.25, 0.3) is 11.8 Å². The van der Waals surface area contributed by atoms with Gasteiger partial charge in [0.05, 0.1) is 17.8 Å². The zero-order chi connectivity index (χ0) is 14.8. The Kier molecular flexibility index (Phi) is 3.66. The number of fused-ring (bicyclic) bond motifs is 1. The number of imide groups is 1. The first-order valence-electron chi connectivity index (χ1n) is 6.54. The first-order chi connectivity index (χ1) is 10.2. The molecule has 5 heteroatoms. The molecule has 1 aliphatic heterocycles. The van der Waals surface area contributed by atoms with Gasteiger partial charge in [-0.15, -0.1) is 11.8 Å².